The molecule has 0 heterocycles. The van der Waals surface area contributed by atoms with Crippen LogP contribution < -0.4 is 4.74 Å². The van der Waals surface area contributed by atoms with Gasteiger partial charge in [-0.15, -0.1) is 0 Å². The summed E-state index contributed by atoms with van der Waals surface area (Å²) in [7, 11) is 1.53. The summed E-state index contributed by atoms with van der Waals surface area (Å²) in [6.45, 7) is 0. The molecule has 0 unspecified atom stereocenters. The van der Waals surface area contributed by atoms with E-state index in [2.05, 4.69) is 5.16 Å². The number of carbonyl (C=O) groups is 1. The van der Waals surface area contributed by atoms with Crippen LogP contribution in [0.25, 0.3) is 0 Å². The van der Waals surface area contributed by atoms with E-state index in [4.69, 9.17) is 4.74 Å². The largest absolute Gasteiger partial charge is 0.496 e. The Bertz CT molecular complexity index is 917. The molecule has 0 saturated carbocycles. The van der Waals surface area contributed by atoms with Crippen molar-refractivity contribution in [1.29, 1.82) is 0 Å². The van der Waals surface area contributed by atoms with Crippen LogP contribution in [0.1, 0.15) is 27.0 Å². The van der Waals surface area contributed by atoms with Gasteiger partial charge in [-0.2, -0.15) is 0 Å². The fourth-order valence-corrected chi connectivity index (χ4v) is 2.73. The first kappa shape index (κ1) is 16.5. The molecule has 4 nitrogen and oxygen atoms in total. The molecular formula is C21H17NO3. The fourth-order valence-electron chi connectivity index (χ4n) is 2.73. The molecule has 1 N–H and O–H groups in total. The van der Waals surface area contributed by atoms with E-state index in [0.29, 0.717) is 28.2 Å². The van der Waals surface area contributed by atoms with Crippen LogP contribution in [0.3, 0.4) is 0 Å². The first-order valence-electron chi connectivity index (χ1n) is 7.81. The molecule has 124 valence electrons. The molecule has 0 radical (unpaired) electrons. The van der Waals surface area contributed by atoms with Crippen LogP contribution in [-0.2, 0) is 0 Å². The molecule has 25 heavy (non-hydrogen) atoms. The molecule has 0 spiro atoms. The Morgan fingerprint density at radius 1 is 0.800 bits per heavy atom. The van der Waals surface area contributed by atoms with Crippen LogP contribution in [0.4, 0.5) is 0 Å². The predicted octanol–water partition coefficient (Wildman–Crippen LogP) is 4.15. The van der Waals surface area contributed by atoms with Crippen molar-refractivity contribution in [2.75, 3.05) is 7.11 Å². The normalized spacial score (nSPS) is 11.2. The van der Waals surface area contributed by atoms with Crippen LogP contribution in [0.15, 0.2) is 84.0 Å². The maximum atomic E-state index is 13.1. The summed E-state index contributed by atoms with van der Waals surface area (Å²) in [6, 6.07) is 23.4. The molecule has 3 rings (SSSR count). The van der Waals surface area contributed by atoms with Crippen molar-refractivity contribution in [3.63, 3.8) is 0 Å². The number of para-hydroxylation sites is 1. The van der Waals surface area contributed by atoms with Gasteiger partial charge in [-0.3, -0.25) is 4.79 Å². The Hall–Kier alpha value is -3.40. The molecule has 3 aromatic rings. The third-order valence-corrected chi connectivity index (χ3v) is 3.93. The lowest BCUT2D eigenvalue weighted by molar-refractivity contribution is 0.103. The predicted molar refractivity (Wildman–Crippen MR) is 96.7 cm³/mol. The summed E-state index contributed by atoms with van der Waals surface area (Å²) in [4.78, 5) is 13.1. The lowest BCUT2D eigenvalue weighted by atomic mass is 9.92. The molecule has 0 aliphatic rings. The number of ether oxygens (including phenoxy) is 1. The Balaban J connectivity index is 2.12. The zero-order valence-electron chi connectivity index (χ0n) is 13.7. The Kier molecular flexibility index (Phi) is 4.90. The molecule has 3 aromatic carbocycles. The van der Waals surface area contributed by atoms with Gasteiger partial charge in [-0.1, -0.05) is 71.9 Å². The zero-order valence-corrected chi connectivity index (χ0v) is 13.7. The first-order chi connectivity index (χ1) is 12.3. The van der Waals surface area contributed by atoms with E-state index in [0.717, 1.165) is 5.56 Å². The molecule has 0 bridgehead atoms. The van der Waals surface area contributed by atoms with Gasteiger partial charge in [0, 0.05) is 16.7 Å². The molecular weight excluding hydrogens is 314 g/mol. The second-order valence-corrected chi connectivity index (χ2v) is 5.39. The number of hydrogen-bond acceptors (Lipinski definition) is 4. The minimum atomic E-state index is -0.190. The van der Waals surface area contributed by atoms with E-state index in [9.17, 15) is 10.0 Å². The standard InChI is InChI=1S/C21H17NO3/c1-25-19-14-8-7-13-18(19)21(23)17-12-6-5-11-16(17)20(22-24)15-9-3-2-4-10-15/h2-14,24H,1H3. The Morgan fingerprint density at radius 3 is 2.00 bits per heavy atom. The number of benzene rings is 3. The summed E-state index contributed by atoms with van der Waals surface area (Å²) in [5.74, 6) is 0.314. The number of methoxy groups -OCH3 is 1. The van der Waals surface area contributed by atoms with Crippen molar-refractivity contribution in [3.05, 3.63) is 101 Å². The van der Waals surface area contributed by atoms with Gasteiger partial charge in [-0.05, 0) is 12.1 Å². The highest BCUT2D eigenvalue weighted by Gasteiger charge is 2.20. The number of nitrogens with zero attached hydrogens (tertiary/aromatic N) is 1. The SMILES string of the molecule is COc1ccccc1C(=O)c1ccccc1C(=NO)c1ccccc1. The highest BCUT2D eigenvalue weighted by atomic mass is 16.5. The van der Waals surface area contributed by atoms with Crippen LogP contribution >= 0.6 is 0 Å². The third-order valence-electron chi connectivity index (χ3n) is 3.93. The second kappa shape index (κ2) is 7.45. The average molecular weight is 331 g/mol. The summed E-state index contributed by atoms with van der Waals surface area (Å²) >= 11 is 0. The van der Waals surface area contributed by atoms with Gasteiger partial charge in [0.15, 0.2) is 5.78 Å². The summed E-state index contributed by atoms with van der Waals surface area (Å²) in [5, 5.41) is 13.0. The topological polar surface area (TPSA) is 58.9 Å². The number of ketones is 1. The highest BCUT2D eigenvalue weighted by Crippen LogP contribution is 2.24. The van der Waals surface area contributed by atoms with E-state index >= 15 is 0 Å². The fraction of sp³-hybridized carbons (Fsp3) is 0.0476. The molecule has 4 heteroatoms. The van der Waals surface area contributed by atoms with Gasteiger partial charge < -0.3 is 9.94 Å². The monoisotopic (exact) mass is 331 g/mol. The molecule has 0 fully saturated rings. The number of oxime groups is 1. The van der Waals surface area contributed by atoms with Crippen molar-refractivity contribution in [2.24, 2.45) is 5.16 Å². The summed E-state index contributed by atoms with van der Waals surface area (Å²) in [6.07, 6.45) is 0. The third kappa shape index (κ3) is 3.28. The van der Waals surface area contributed by atoms with E-state index in [1.807, 2.05) is 42.5 Å². The summed E-state index contributed by atoms with van der Waals surface area (Å²) in [5.41, 5.74) is 2.54. The van der Waals surface area contributed by atoms with Crippen LogP contribution in [0.5, 0.6) is 5.75 Å². The average Bonchev–Trinajstić information content (AvgIpc) is 2.69. The van der Waals surface area contributed by atoms with Gasteiger partial charge in [0.1, 0.15) is 11.5 Å². The van der Waals surface area contributed by atoms with Gasteiger partial charge in [0.2, 0.25) is 0 Å². The highest BCUT2D eigenvalue weighted by molar-refractivity contribution is 6.21. The number of hydrogen-bond donors (Lipinski definition) is 1. The molecule has 0 aliphatic heterocycles. The Labute approximate surface area is 146 Å². The minimum absolute atomic E-state index is 0.190. The van der Waals surface area contributed by atoms with Crippen LogP contribution in [0.2, 0.25) is 0 Å². The van der Waals surface area contributed by atoms with E-state index in [-0.39, 0.29) is 5.78 Å². The Morgan fingerprint density at radius 2 is 1.36 bits per heavy atom. The molecule has 0 atom stereocenters. The van der Waals surface area contributed by atoms with Crippen molar-refractivity contribution >= 4 is 11.5 Å². The van der Waals surface area contributed by atoms with Crippen molar-refractivity contribution in [2.45, 2.75) is 0 Å². The van der Waals surface area contributed by atoms with Gasteiger partial charge in [0.05, 0.1) is 12.7 Å². The minimum Gasteiger partial charge on any atom is -0.496 e. The van der Waals surface area contributed by atoms with E-state index in [1.54, 1.807) is 36.4 Å². The van der Waals surface area contributed by atoms with Crippen molar-refractivity contribution in [1.82, 2.24) is 0 Å². The summed E-state index contributed by atoms with van der Waals surface area (Å²) < 4.78 is 5.30. The van der Waals surface area contributed by atoms with Crippen molar-refractivity contribution < 1.29 is 14.7 Å². The zero-order chi connectivity index (χ0) is 17.6. The van der Waals surface area contributed by atoms with E-state index in [1.165, 1.54) is 7.11 Å². The number of carbonyl (C=O) groups excluding carboxylic acids is 1. The molecule has 0 saturated heterocycles. The smallest absolute Gasteiger partial charge is 0.197 e. The molecule has 0 amide bonds. The first-order valence-corrected chi connectivity index (χ1v) is 7.81. The lowest BCUT2D eigenvalue weighted by Crippen LogP contribution is -2.12. The van der Waals surface area contributed by atoms with Crippen LogP contribution in [-0.4, -0.2) is 23.8 Å². The van der Waals surface area contributed by atoms with Crippen LogP contribution in [0, 0.1) is 0 Å². The van der Waals surface area contributed by atoms with Gasteiger partial charge >= 0.3 is 0 Å². The van der Waals surface area contributed by atoms with E-state index < -0.39 is 0 Å². The molecule has 0 aliphatic carbocycles. The van der Waals surface area contributed by atoms with Crippen molar-refractivity contribution in [3.8, 4) is 5.75 Å². The quantitative estimate of drug-likeness (QED) is 0.331. The lowest BCUT2D eigenvalue weighted by Gasteiger charge is -2.12. The maximum Gasteiger partial charge on any atom is 0.197 e. The maximum absolute atomic E-state index is 13.1. The second-order valence-electron chi connectivity index (χ2n) is 5.39. The van der Waals surface area contributed by atoms with Gasteiger partial charge in [-0.25, -0.2) is 0 Å². The molecule has 0 aromatic heterocycles. The number of rotatable bonds is 5. The van der Waals surface area contributed by atoms with Gasteiger partial charge in [0.25, 0.3) is 0 Å².